The number of aliphatic hydroxyl groups is 1. The highest BCUT2D eigenvalue weighted by Gasteiger charge is 2.28. The lowest BCUT2D eigenvalue weighted by molar-refractivity contribution is 0.0462. The van der Waals surface area contributed by atoms with Gasteiger partial charge in [-0.3, -0.25) is 4.79 Å². The van der Waals surface area contributed by atoms with E-state index in [1.165, 1.54) is 0 Å². The molecule has 6 nitrogen and oxygen atoms in total. The van der Waals surface area contributed by atoms with Crippen molar-refractivity contribution in [2.45, 2.75) is 32.4 Å². The number of rotatable bonds is 4. The lowest BCUT2D eigenvalue weighted by atomic mass is 9.87. The van der Waals surface area contributed by atoms with Crippen LogP contribution in [0.4, 0.5) is 0 Å². The first-order valence-electron chi connectivity index (χ1n) is 9.53. The number of piperidine rings is 1. The van der Waals surface area contributed by atoms with Crippen molar-refractivity contribution in [1.29, 1.82) is 0 Å². The molecule has 1 aromatic heterocycles. The van der Waals surface area contributed by atoms with Gasteiger partial charge >= 0.3 is 0 Å². The van der Waals surface area contributed by atoms with Gasteiger partial charge in [0.15, 0.2) is 0 Å². The number of carbonyl (C=O) groups is 1. The monoisotopic (exact) mass is 364 g/mol. The standard InChI is InChI=1S/C21H24N4O2/c1-2-25-19-9-8-17(14-18(19)22-23-25)21(27)24-12-10-16(11-13-24)20(26)15-6-4-3-5-7-15/h3-9,14,16,20,26H,2,10-13H2,1H3. The minimum atomic E-state index is -0.469. The van der Waals surface area contributed by atoms with Gasteiger partial charge < -0.3 is 10.0 Å². The van der Waals surface area contributed by atoms with E-state index in [0.29, 0.717) is 18.7 Å². The second-order valence-electron chi connectivity index (χ2n) is 7.09. The van der Waals surface area contributed by atoms with Crippen LogP contribution in [0.3, 0.4) is 0 Å². The van der Waals surface area contributed by atoms with E-state index < -0.39 is 6.10 Å². The highest BCUT2D eigenvalue weighted by Crippen LogP contribution is 2.31. The van der Waals surface area contributed by atoms with Gasteiger partial charge in [0.1, 0.15) is 5.52 Å². The minimum absolute atomic E-state index is 0.0237. The predicted octanol–water partition coefficient (Wildman–Crippen LogP) is 3.04. The molecule has 27 heavy (non-hydrogen) atoms. The average Bonchev–Trinajstić information content (AvgIpc) is 3.16. The number of aryl methyl sites for hydroxylation is 1. The highest BCUT2D eigenvalue weighted by molar-refractivity contribution is 5.97. The van der Waals surface area contributed by atoms with E-state index >= 15 is 0 Å². The third kappa shape index (κ3) is 3.45. The van der Waals surface area contributed by atoms with Gasteiger partial charge in [0.05, 0.1) is 11.6 Å². The summed E-state index contributed by atoms with van der Waals surface area (Å²) in [4.78, 5) is 14.7. The van der Waals surface area contributed by atoms with Crippen molar-refractivity contribution in [2.24, 2.45) is 5.92 Å². The number of hydrogen-bond donors (Lipinski definition) is 1. The van der Waals surface area contributed by atoms with Gasteiger partial charge in [-0.05, 0) is 49.4 Å². The van der Waals surface area contributed by atoms with Crippen LogP contribution in [0, 0.1) is 5.92 Å². The van der Waals surface area contributed by atoms with Crippen molar-refractivity contribution in [3.63, 3.8) is 0 Å². The lowest BCUT2D eigenvalue weighted by Gasteiger charge is -2.34. The molecule has 0 radical (unpaired) electrons. The molecule has 1 amide bonds. The maximum absolute atomic E-state index is 12.9. The molecule has 2 aromatic carbocycles. The Hall–Kier alpha value is -2.73. The Balaban J connectivity index is 1.42. The number of carbonyl (C=O) groups excluding carboxylic acids is 1. The first-order valence-corrected chi connectivity index (χ1v) is 9.53. The van der Waals surface area contributed by atoms with Crippen LogP contribution in [0.15, 0.2) is 48.5 Å². The van der Waals surface area contributed by atoms with Gasteiger partial charge in [0, 0.05) is 25.2 Å². The zero-order valence-corrected chi connectivity index (χ0v) is 15.5. The third-order valence-corrected chi connectivity index (χ3v) is 5.47. The second-order valence-corrected chi connectivity index (χ2v) is 7.09. The number of fused-ring (bicyclic) bond motifs is 1. The molecule has 1 aliphatic rings. The Kier molecular flexibility index (Phi) is 4.90. The van der Waals surface area contributed by atoms with Gasteiger partial charge in [-0.25, -0.2) is 4.68 Å². The first kappa shape index (κ1) is 17.7. The van der Waals surface area contributed by atoms with Crippen molar-refractivity contribution in [3.8, 4) is 0 Å². The van der Waals surface area contributed by atoms with E-state index in [2.05, 4.69) is 10.3 Å². The quantitative estimate of drug-likeness (QED) is 0.772. The molecule has 1 N–H and O–H groups in total. The molecule has 4 rings (SSSR count). The Bertz CT molecular complexity index is 930. The molecule has 1 aliphatic heterocycles. The molecule has 0 bridgehead atoms. The van der Waals surface area contributed by atoms with Gasteiger partial charge in [-0.15, -0.1) is 5.10 Å². The summed E-state index contributed by atoms with van der Waals surface area (Å²) in [6.45, 7) is 4.09. The summed E-state index contributed by atoms with van der Waals surface area (Å²) in [5, 5.41) is 18.9. The van der Waals surface area contributed by atoms with Gasteiger partial charge in [0.2, 0.25) is 0 Å². The van der Waals surface area contributed by atoms with Crippen molar-refractivity contribution >= 4 is 16.9 Å². The Morgan fingerprint density at radius 3 is 2.63 bits per heavy atom. The van der Waals surface area contributed by atoms with Crippen molar-refractivity contribution in [3.05, 3.63) is 59.7 Å². The molecular weight excluding hydrogens is 340 g/mol. The van der Waals surface area contributed by atoms with Crippen molar-refractivity contribution < 1.29 is 9.90 Å². The van der Waals surface area contributed by atoms with E-state index in [9.17, 15) is 9.90 Å². The van der Waals surface area contributed by atoms with Crippen LogP contribution in [0.25, 0.3) is 11.0 Å². The number of benzene rings is 2. The third-order valence-electron chi connectivity index (χ3n) is 5.47. The number of amides is 1. The van der Waals surface area contributed by atoms with E-state index in [4.69, 9.17) is 0 Å². The molecule has 140 valence electrons. The Labute approximate surface area is 158 Å². The van der Waals surface area contributed by atoms with Gasteiger partial charge in [0.25, 0.3) is 5.91 Å². The summed E-state index contributed by atoms with van der Waals surface area (Å²) >= 11 is 0. The topological polar surface area (TPSA) is 71.2 Å². The fourth-order valence-electron chi connectivity index (χ4n) is 3.86. The normalized spacial score (nSPS) is 16.6. The molecule has 0 spiro atoms. The molecule has 1 saturated heterocycles. The maximum Gasteiger partial charge on any atom is 0.253 e. The largest absolute Gasteiger partial charge is 0.388 e. The maximum atomic E-state index is 12.9. The van der Waals surface area contributed by atoms with Crippen LogP contribution in [0.5, 0.6) is 0 Å². The molecule has 0 aliphatic carbocycles. The lowest BCUT2D eigenvalue weighted by Crippen LogP contribution is -2.39. The van der Waals surface area contributed by atoms with Crippen LogP contribution in [0.1, 0.15) is 41.8 Å². The molecule has 2 heterocycles. The van der Waals surface area contributed by atoms with E-state index in [0.717, 1.165) is 36.0 Å². The number of likely N-dealkylation sites (tertiary alicyclic amines) is 1. The van der Waals surface area contributed by atoms with E-state index in [1.54, 1.807) is 0 Å². The number of aromatic nitrogens is 3. The predicted molar refractivity (Wildman–Crippen MR) is 103 cm³/mol. The number of nitrogens with zero attached hydrogens (tertiary/aromatic N) is 4. The van der Waals surface area contributed by atoms with Crippen LogP contribution in [-0.2, 0) is 6.54 Å². The second kappa shape index (κ2) is 7.48. The molecule has 1 unspecified atom stereocenters. The fraction of sp³-hybridized carbons (Fsp3) is 0.381. The molecule has 3 aromatic rings. The molecule has 1 atom stereocenters. The highest BCUT2D eigenvalue weighted by atomic mass is 16.3. The summed E-state index contributed by atoms with van der Waals surface area (Å²) in [5.74, 6) is 0.207. The molecule has 6 heteroatoms. The molecule has 1 fully saturated rings. The van der Waals surface area contributed by atoms with Crippen molar-refractivity contribution in [2.75, 3.05) is 13.1 Å². The van der Waals surface area contributed by atoms with Crippen LogP contribution >= 0.6 is 0 Å². The summed E-state index contributed by atoms with van der Waals surface area (Å²) in [6.07, 6.45) is 1.13. The van der Waals surface area contributed by atoms with Crippen LogP contribution in [-0.4, -0.2) is 44.0 Å². The molecular formula is C21H24N4O2. The van der Waals surface area contributed by atoms with E-state index in [-0.39, 0.29) is 11.8 Å². The Morgan fingerprint density at radius 2 is 1.93 bits per heavy atom. The van der Waals surface area contributed by atoms with Gasteiger partial charge in [-0.2, -0.15) is 0 Å². The average molecular weight is 364 g/mol. The zero-order valence-electron chi connectivity index (χ0n) is 15.5. The summed E-state index contributed by atoms with van der Waals surface area (Å²) in [5.41, 5.74) is 3.29. The number of aliphatic hydroxyl groups excluding tert-OH is 1. The zero-order chi connectivity index (χ0) is 18.8. The van der Waals surface area contributed by atoms with Gasteiger partial charge in [-0.1, -0.05) is 35.5 Å². The summed E-state index contributed by atoms with van der Waals surface area (Å²) in [6, 6.07) is 15.4. The smallest absolute Gasteiger partial charge is 0.253 e. The first-order chi connectivity index (χ1) is 13.2. The summed E-state index contributed by atoms with van der Waals surface area (Å²) in [7, 11) is 0. The number of hydrogen-bond acceptors (Lipinski definition) is 4. The van der Waals surface area contributed by atoms with Crippen LogP contribution < -0.4 is 0 Å². The van der Waals surface area contributed by atoms with E-state index in [1.807, 2.05) is 65.0 Å². The fourth-order valence-corrected chi connectivity index (χ4v) is 3.86. The Morgan fingerprint density at radius 1 is 1.19 bits per heavy atom. The SMILES string of the molecule is CCn1nnc2cc(C(=O)N3CCC(C(O)c4ccccc4)CC3)ccc21. The summed E-state index contributed by atoms with van der Waals surface area (Å²) < 4.78 is 1.82. The minimum Gasteiger partial charge on any atom is -0.388 e. The van der Waals surface area contributed by atoms with Crippen LogP contribution in [0.2, 0.25) is 0 Å². The van der Waals surface area contributed by atoms with Crippen molar-refractivity contribution in [1.82, 2.24) is 19.9 Å². The molecule has 0 saturated carbocycles.